The predicted octanol–water partition coefficient (Wildman–Crippen LogP) is 3.07. The average molecular weight is 413 g/mol. The van der Waals surface area contributed by atoms with E-state index in [-0.39, 0.29) is 11.8 Å². The first-order valence-electron chi connectivity index (χ1n) is 8.06. The number of nitrogens with zero attached hydrogens (tertiary/aromatic N) is 4. The summed E-state index contributed by atoms with van der Waals surface area (Å²) >= 11 is 2.77. The second-order valence-electron chi connectivity index (χ2n) is 5.70. The van der Waals surface area contributed by atoms with Crippen LogP contribution < -0.4 is 16.2 Å². The van der Waals surface area contributed by atoms with Crippen molar-refractivity contribution >= 4 is 44.5 Å². The summed E-state index contributed by atoms with van der Waals surface area (Å²) in [6, 6.07) is 7.29. The molecular formula is C17H13N6O3S2-. The number of thiazole rings is 2. The van der Waals surface area contributed by atoms with Crippen LogP contribution in [0.4, 0.5) is 16.0 Å². The molecule has 4 rings (SSSR count). The van der Waals surface area contributed by atoms with Crippen molar-refractivity contribution in [2.75, 3.05) is 5.32 Å². The van der Waals surface area contributed by atoms with Crippen LogP contribution in [-0.4, -0.2) is 26.1 Å². The lowest BCUT2D eigenvalue weighted by Crippen LogP contribution is -2.10. The van der Waals surface area contributed by atoms with Crippen LogP contribution in [0.15, 0.2) is 43.8 Å². The van der Waals surface area contributed by atoms with Gasteiger partial charge in [-0.05, 0) is 37.9 Å². The van der Waals surface area contributed by atoms with Crippen molar-refractivity contribution in [1.29, 1.82) is 0 Å². The highest BCUT2D eigenvalue weighted by Gasteiger charge is 2.13. The van der Waals surface area contributed by atoms with E-state index in [0.717, 1.165) is 22.0 Å². The summed E-state index contributed by atoms with van der Waals surface area (Å²) in [5, 5.41) is 23.5. The minimum Gasteiger partial charge on any atom is -0.862 e. The zero-order valence-electron chi connectivity index (χ0n) is 14.7. The van der Waals surface area contributed by atoms with Gasteiger partial charge in [-0.15, -0.1) is 16.4 Å². The maximum absolute atomic E-state index is 11.2. The Balaban J connectivity index is 1.57. The quantitative estimate of drug-likeness (QED) is 0.379. The molecule has 142 valence electrons. The largest absolute Gasteiger partial charge is 0.862 e. The highest BCUT2D eigenvalue weighted by molar-refractivity contribution is 7.19. The van der Waals surface area contributed by atoms with E-state index in [9.17, 15) is 9.90 Å². The molecule has 0 saturated carbocycles. The topological polar surface area (TPSA) is 132 Å². The Morgan fingerprint density at radius 3 is 2.96 bits per heavy atom. The van der Waals surface area contributed by atoms with Crippen molar-refractivity contribution in [1.82, 2.24) is 20.2 Å². The van der Waals surface area contributed by atoms with E-state index < -0.39 is 5.76 Å². The third-order valence-electron chi connectivity index (χ3n) is 3.57. The van der Waals surface area contributed by atoms with Gasteiger partial charge >= 0.3 is 5.76 Å². The Labute approximate surface area is 166 Å². The van der Waals surface area contributed by atoms with E-state index in [1.165, 1.54) is 29.6 Å². The molecule has 0 fully saturated rings. The number of benzene rings is 1. The van der Waals surface area contributed by atoms with Gasteiger partial charge in [-0.25, -0.2) is 24.9 Å². The van der Waals surface area contributed by atoms with E-state index in [4.69, 9.17) is 4.42 Å². The Kier molecular flexibility index (Phi) is 4.75. The van der Waals surface area contributed by atoms with Gasteiger partial charge in [-0.2, -0.15) is 0 Å². The minimum absolute atomic E-state index is 0.218. The van der Waals surface area contributed by atoms with Crippen LogP contribution >= 0.6 is 22.7 Å². The van der Waals surface area contributed by atoms with Crippen LogP contribution in [0.3, 0.4) is 0 Å². The molecule has 0 amide bonds. The molecule has 0 aliphatic heterocycles. The zero-order valence-corrected chi connectivity index (χ0v) is 16.3. The monoisotopic (exact) mass is 413 g/mol. The van der Waals surface area contributed by atoms with Crippen LogP contribution in [0.2, 0.25) is 0 Å². The summed E-state index contributed by atoms with van der Waals surface area (Å²) in [5.41, 5.74) is 2.98. The van der Waals surface area contributed by atoms with Gasteiger partial charge in [0.1, 0.15) is 0 Å². The minimum atomic E-state index is -0.603. The summed E-state index contributed by atoms with van der Waals surface area (Å²) in [7, 11) is 0. The van der Waals surface area contributed by atoms with Crippen LogP contribution in [-0.2, 0) is 0 Å². The second kappa shape index (κ2) is 7.37. The van der Waals surface area contributed by atoms with Crippen LogP contribution in [0, 0.1) is 6.92 Å². The summed E-state index contributed by atoms with van der Waals surface area (Å²) in [6.07, 6.45) is 0. The van der Waals surface area contributed by atoms with Gasteiger partial charge in [0.05, 0.1) is 16.3 Å². The molecule has 0 saturated heterocycles. The Hall–Kier alpha value is -3.31. The van der Waals surface area contributed by atoms with Gasteiger partial charge in [0, 0.05) is 16.6 Å². The van der Waals surface area contributed by atoms with Crippen LogP contribution in [0.25, 0.3) is 22.0 Å². The molecule has 0 unspecified atom stereocenters. The number of anilines is 2. The molecule has 0 radical (unpaired) electrons. The van der Waals surface area contributed by atoms with E-state index in [1.54, 1.807) is 6.07 Å². The lowest BCUT2D eigenvalue weighted by Gasteiger charge is -2.03. The van der Waals surface area contributed by atoms with Crippen molar-refractivity contribution in [3.63, 3.8) is 0 Å². The van der Waals surface area contributed by atoms with E-state index in [0.29, 0.717) is 15.8 Å². The molecule has 0 bridgehead atoms. The summed E-state index contributed by atoms with van der Waals surface area (Å²) < 4.78 is 4.98. The van der Waals surface area contributed by atoms with E-state index in [1.807, 2.05) is 30.5 Å². The molecule has 1 aromatic carbocycles. The van der Waals surface area contributed by atoms with Crippen molar-refractivity contribution in [3.05, 3.63) is 45.9 Å². The number of aliphatic imine (C=N–C) groups is 1. The molecule has 11 heteroatoms. The molecule has 2 N–H and O–H groups in total. The third-order valence-corrected chi connectivity index (χ3v) is 5.41. The van der Waals surface area contributed by atoms with Crippen molar-refractivity contribution < 1.29 is 9.52 Å². The number of rotatable bonds is 5. The van der Waals surface area contributed by atoms with Crippen molar-refractivity contribution in [3.8, 4) is 22.0 Å². The number of aromatic nitrogens is 4. The molecule has 0 atom stereocenters. The van der Waals surface area contributed by atoms with Crippen molar-refractivity contribution in [2.45, 2.75) is 13.8 Å². The zero-order chi connectivity index (χ0) is 19.7. The maximum Gasteiger partial charge on any atom is 0.434 e. The van der Waals surface area contributed by atoms with Crippen molar-refractivity contribution in [2.24, 2.45) is 4.99 Å². The maximum atomic E-state index is 11.2. The van der Waals surface area contributed by atoms with Gasteiger partial charge in [-0.1, -0.05) is 17.4 Å². The molecule has 4 aromatic rings. The van der Waals surface area contributed by atoms with Gasteiger partial charge < -0.3 is 14.8 Å². The SMILES string of the molecule is C/C([O-])=N/c1nc(C)c(-c2csc(Nc3cccc(-c4n[nH]c(=O)o4)c3)n2)s1. The first-order valence-corrected chi connectivity index (χ1v) is 9.76. The number of nitrogens with one attached hydrogen (secondary N) is 2. The third kappa shape index (κ3) is 3.85. The average Bonchev–Trinajstić information content (AvgIpc) is 3.35. The van der Waals surface area contributed by atoms with Crippen LogP contribution in [0.1, 0.15) is 12.6 Å². The number of H-pyrrole nitrogens is 1. The summed E-state index contributed by atoms with van der Waals surface area (Å²) in [4.78, 5) is 24.8. The van der Waals surface area contributed by atoms with Gasteiger partial charge in [0.25, 0.3) is 0 Å². The Morgan fingerprint density at radius 1 is 1.36 bits per heavy atom. The molecule has 0 spiro atoms. The number of aryl methyl sites for hydroxylation is 1. The molecule has 3 heterocycles. The van der Waals surface area contributed by atoms with Crippen LogP contribution in [0.5, 0.6) is 0 Å². The van der Waals surface area contributed by atoms with Gasteiger partial charge in [0.15, 0.2) is 5.13 Å². The first kappa shape index (κ1) is 18.1. The molecule has 28 heavy (non-hydrogen) atoms. The predicted molar refractivity (Wildman–Crippen MR) is 107 cm³/mol. The molecular weight excluding hydrogens is 400 g/mol. The van der Waals surface area contributed by atoms with Gasteiger partial charge in [-0.3, -0.25) is 0 Å². The Morgan fingerprint density at radius 2 is 2.21 bits per heavy atom. The summed E-state index contributed by atoms with van der Waals surface area (Å²) in [5.74, 6) is -0.669. The fourth-order valence-corrected chi connectivity index (χ4v) is 4.18. The van der Waals surface area contributed by atoms with E-state index in [2.05, 4.69) is 30.5 Å². The van der Waals surface area contributed by atoms with E-state index >= 15 is 0 Å². The molecule has 3 aromatic heterocycles. The number of hydrogen-bond donors (Lipinski definition) is 2. The Bertz CT molecular complexity index is 1220. The molecule has 9 nitrogen and oxygen atoms in total. The second-order valence-corrected chi connectivity index (χ2v) is 7.54. The lowest BCUT2D eigenvalue weighted by atomic mass is 10.2. The number of hydrogen-bond acceptors (Lipinski definition) is 10. The smallest absolute Gasteiger partial charge is 0.434 e. The summed E-state index contributed by atoms with van der Waals surface area (Å²) in [6.45, 7) is 3.25. The lowest BCUT2D eigenvalue weighted by molar-refractivity contribution is -0.215. The standard InChI is InChI=1S/C17H14N6O3S2/c1-8-13(28-16(18-8)19-9(2)24)12-7-27-15(21-12)20-11-5-3-4-10(6-11)14-22-23-17(25)26-14/h3-7H,1-2H3,(H,20,21)(H,23,25)(H,18,19,24)/p-1. The highest BCUT2D eigenvalue weighted by Crippen LogP contribution is 2.36. The highest BCUT2D eigenvalue weighted by atomic mass is 32.1. The number of aromatic amines is 1. The molecule has 0 aliphatic carbocycles. The fraction of sp³-hybridized carbons (Fsp3) is 0.118. The molecule has 0 aliphatic rings. The first-order chi connectivity index (χ1) is 13.5. The normalized spacial score (nSPS) is 11.7. The van der Waals surface area contributed by atoms with Gasteiger partial charge in [0.2, 0.25) is 11.0 Å². The fourth-order valence-electron chi connectivity index (χ4n) is 2.44.